The molecular weight excluding hydrogens is 234 g/mol. The average Bonchev–Trinajstić information content (AvgIpc) is 2.24. The van der Waals surface area contributed by atoms with Crippen molar-refractivity contribution in [3.63, 3.8) is 0 Å². The Morgan fingerprint density at radius 2 is 1.94 bits per heavy atom. The van der Waals surface area contributed by atoms with Gasteiger partial charge in [-0.15, -0.1) is 0 Å². The van der Waals surface area contributed by atoms with Crippen LogP contribution in [0.15, 0.2) is 24.8 Å². The van der Waals surface area contributed by atoms with E-state index in [1.54, 1.807) is 26.0 Å². The molecule has 18 heavy (non-hydrogen) atoms. The van der Waals surface area contributed by atoms with Crippen molar-refractivity contribution < 1.29 is 19.4 Å². The van der Waals surface area contributed by atoms with E-state index in [0.717, 1.165) is 0 Å². The molecule has 0 unspecified atom stereocenters. The highest BCUT2D eigenvalue weighted by atomic mass is 16.5. The molecule has 1 rings (SSSR count). The second-order valence-electron chi connectivity index (χ2n) is 3.80. The Kier molecular flexibility index (Phi) is 4.48. The third-order valence-electron chi connectivity index (χ3n) is 2.33. The molecule has 5 nitrogen and oxygen atoms in total. The van der Waals surface area contributed by atoms with E-state index in [4.69, 9.17) is 9.84 Å². The quantitative estimate of drug-likeness (QED) is 0.804. The lowest BCUT2D eigenvalue weighted by Gasteiger charge is -2.10. The van der Waals surface area contributed by atoms with Crippen LogP contribution in [0.1, 0.15) is 21.5 Å². The monoisotopic (exact) mass is 249 g/mol. The summed E-state index contributed by atoms with van der Waals surface area (Å²) in [5.41, 5.74) is 1.92. The zero-order chi connectivity index (χ0) is 13.7. The molecule has 1 aromatic carbocycles. The van der Waals surface area contributed by atoms with E-state index in [9.17, 15) is 9.59 Å². The highest BCUT2D eigenvalue weighted by Gasteiger charge is 2.13. The molecule has 0 radical (unpaired) electrons. The summed E-state index contributed by atoms with van der Waals surface area (Å²) in [7, 11) is 0. The van der Waals surface area contributed by atoms with E-state index in [2.05, 4.69) is 11.9 Å². The summed E-state index contributed by atoms with van der Waals surface area (Å²) in [5, 5.41) is 11.5. The molecule has 0 spiro atoms. The molecule has 0 aliphatic carbocycles. The maximum atomic E-state index is 11.3. The van der Waals surface area contributed by atoms with Gasteiger partial charge in [0.1, 0.15) is 6.61 Å². The summed E-state index contributed by atoms with van der Waals surface area (Å²) >= 11 is 0. The van der Waals surface area contributed by atoms with Crippen LogP contribution in [0.2, 0.25) is 0 Å². The largest absolute Gasteiger partial charge is 0.478 e. The van der Waals surface area contributed by atoms with Crippen LogP contribution in [-0.2, 0) is 4.74 Å². The number of aryl methyl sites for hydroxylation is 2. The van der Waals surface area contributed by atoms with Gasteiger partial charge >= 0.3 is 12.1 Å². The Hall–Kier alpha value is -2.30. The lowest BCUT2D eigenvalue weighted by molar-refractivity contribution is 0.0695. The van der Waals surface area contributed by atoms with Crippen molar-refractivity contribution in [2.75, 3.05) is 11.9 Å². The van der Waals surface area contributed by atoms with Crippen LogP contribution in [0.3, 0.4) is 0 Å². The van der Waals surface area contributed by atoms with Gasteiger partial charge in [-0.2, -0.15) is 0 Å². The molecule has 1 aromatic rings. The van der Waals surface area contributed by atoms with Gasteiger partial charge in [0.25, 0.3) is 0 Å². The van der Waals surface area contributed by atoms with E-state index < -0.39 is 12.1 Å². The Bertz CT molecular complexity index is 471. The summed E-state index contributed by atoms with van der Waals surface area (Å²) < 4.78 is 4.77. The molecule has 1 amide bonds. The molecule has 0 aromatic heterocycles. The van der Waals surface area contributed by atoms with Crippen LogP contribution in [0, 0.1) is 13.8 Å². The lowest BCUT2D eigenvalue weighted by Crippen LogP contribution is -2.14. The molecule has 0 aliphatic heterocycles. The zero-order valence-electron chi connectivity index (χ0n) is 10.3. The summed E-state index contributed by atoms with van der Waals surface area (Å²) in [5.74, 6) is -0.981. The van der Waals surface area contributed by atoms with Crippen LogP contribution in [0.4, 0.5) is 10.5 Å². The first-order valence-electron chi connectivity index (χ1n) is 5.35. The second kappa shape index (κ2) is 5.86. The number of carbonyl (C=O) groups excluding carboxylic acids is 1. The Morgan fingerprint density at radius 1 is 1.39 bits per heavy atom. The predicted molar refractivity (Wildman–Crippen MR) is 68.0 cm³/mol. The molecule has 5 heteroatoms. The maximum Gasteiger partial charge on any atom is 0.411 e. The molecule has 0 aliphatic rings. The molecular formula is C13H15NO4. The average molecular weight is 249 g/mol. The number of anilines is 1. The topological polar surface area (TPSA) is 75.6 Å². The number of carbonyl (C=O) groups is 2. The number of hydrogen-bond acceptors (Lipinski definition) is 3. The SMILES string of the molecule is C=CCOC(=O)Nc1cc(C)c(C(=O)O)c(C)c1. The van der Waals surface area contributed by atoms with Crippen molar-refractivity contribution in [3.8, 4) is 0 Å². The Labute approximate surface area is 105 Å². The number of rotatable bonds is 4. The van der Waals surface area contributed by atoms with Crippen LogP contribution in [0.25, 0.3) is 0 Å². The standard InChI is InChI=1S/C13H15NO4/c1-4-5-18-13(17)14-10-6-8(2)11(12(15)16)9(3)7-10/h4,6-7H,1,5H2,2-3H3,(H,14,17)(H,15,16). The van der Waals surface area contributed by atoms with Crippen LogP contribution >= 0.6 is 0 Å². The maximum absolute atomic E-state index is 11.3. The van der Waals surface area contributed by atoms with E-state index in [0.29, 0.717) is 16.8 Å². The molecule has 2 N–H and O–H groups in total. The number of amides is 1. The summed E-state index contributed by atoms with van der Waals surface area (Å²) in [6.07, 6.45) is 0.862. The molecule has 0 bridgehead atoms. The number of hydrogen-bond donors (Lipinski definition) is 2. The molecule has 0 atom stereocenters. The first-order valence-corrected chi connectivity index (χ1v) is 5.35. The van der Waals surface area contributed by atoms with Crippen molar-refractivity contribution in [2.45, 2.75) is 13.8 Å². The minimum atomic E-state index is -0.981. The van der Waals surface area contributed by atoms with Crippen molar-refractivity contribution in [1.82, 2.24) is 0 Å². The van der Waals surface area contributed by atoms with Crippen molar-refractivity contribution in [3.05, 3.63) is 41.5 Å². The van der Waals surface area contributed by atoms with Gasteiger partial charge in [0.05, 0.1) is 5.56 Å². The van der Waals surface area contributed by atoms with Gasteiger partial charge in [-0.3, -0.25) is 5.32 Å². The number of aromatic carboxylic acids is 1. The van der Waals surface area contributed by atoms with Gasteiger partial charge in [0.2, 0.25) is 0 Å². The molecule has 0 saturated heterocycles. The van der Waals surface area contributed by atoms with Gasteiger partial charge in [0.15, 0.2) is 0 Å². The first kappa shape index (κ1) is 13.8. The van der Waals surface area contributed by atoms with Gasteiger partial charge in [-0.05, 0) is 37.1 Å². The summed E-state index contributed by atoms with van der Waals surface area (Å²) in [6, 6.07) is 3.18. The van der Waals surface area contributed by atoms with E-state index in [-0.39, 0.29) is 12.2 Å². The summed E-state index contributed by atoms with van der Waals surface area (Å²) in [6.45, 7) is 6.91. The Balaban J connectivity index is 2.90. The first-order chi connectivity index (χ1) is 8.45. The van der Waals surface area contributed by atoms with E-state index in [1.807, 2.05) is 0 Å². The van der Waals surface area contributed by atoms with Gasteiger partial charge < -0.3 is 9.84 Å². The van der Waals surface area contributed by atoms with Gasteiger partial charge in [-0.1, -0.05) is 12.7 Å². The van der Waals surface area contributed by atoms with Crippen LogP contribution < -0.4 is 5.32 Å². The van der Waals surface area contributed by atoms with Gasteiger partial charge in [0, 0.05) is 5.69 Å². The highest BCUT2D eigenvalue weighted by molar-refractivity contribution is 5.93. The zero-order valence-corrected chi connectivity index (χ0v) is 10.3. The van der Waals surface area contributed by atoms with Gasteiger partial charge in [-0.25, -0.2) is 9.59 Å². The predicted octanol–water partition coefficient (Wildman–Crippen LogP) is 2.74. The fraction of sp³-hybridized carbons (Fsp3) is 0.231. The fourth-order valence-electron chi connectivity index (χ4n) is 1.66. The number of benzene rings is 1. The number of carboxylic acid groups (broad SMARTS) is 1. The lowest BCUT2D eigenvalue weighted by atomic mass is 10.0. The van der Waals surface area contributed by atoms with E-state index in [1.165, 1.54) is 6.08 Å². The smallest absolute Gasteiger partial charge is 0.411 e. The van der Waals surface area contributed by atoms with Crippen LogP contribution in [-0.4, -0.2) is 23.8 Å². The second-order valence-corrected chi connectivity index (χ2v) is 3.80. The normalized spacial score (nSPS) is 9.67. The minimum Gasteiger partial charge on any atom is -0.478 e. The van der Waals surface area contributed by atoms with Crippen molar-refractivity contribution in [1.29, 1.82) is 0 Å². The third kappa shape index (κ3) is 3.35. The molecule has 96 valence electrons. The third-order valence-corrected chi connectivity index (χ3v) is 2.33. The van der Waals surface area contributed by atoms with Crippen LogP contribution in [0.5, 0.6) is 0 Å². The fourth-order valence-corrected chi connectivity index (χ4v) is 1.66. The van der Waals surface area contributed by atoms with Crippen molar-refractivity contribution in [2.24, 2.45) is 0 Å². The molecule has 0 heterocycles. The summed E-state index contributed by atoms with van der Waals surface area (Å²) in [4.78, 5) is 22.3. The van der Waals surface area contributed by atoms with Crippen molar-refractivity contribution >= 4 is 17.7 Å². The highest BCUT2D eigenvalue weighted by Crippen LogP contribution is 2.20. The Morgan fingerprint density at radius 3 is 2.39 bits per heavy atom. The minimum absolute atomic E-state index is 0.122. The molecule has 0 saturated carbocycles. The molecule has 0 fully saturated rings. The number of nitrogens with one attached hydrogen (secondary N) is 1. The van der Waals surface area contributed by atoms with E-state index >= 15 is 0 Å². The number of ether oxygens (including phenoxy) is 1. The number of carboxylic acids is 1.